The molecule has 49 heavy (non-hydrogen) atoms. The number of carbonyl (C=O) groups is 4. The van der Waals surface area contributed by atoms with E-state index >= 15 is 4.79 Å². The van der Waals surface area contributed by atoms with E-state index in [4.69, 9.17) is 9.47 Å². The first-order chi connectivity index (χ1) is 23.5. The molecule has 2 saturated heterocycles. The number of nitrogens with one attached hydrogen (secondary N) is 1. The highest BCUT2D eigenvalue weighted by Gasteiger charge is 2.75. The zero-order valence-corrected chi connectivity index (χ0v) is 29.9. The number of nitrogens with zero attached hydrogens (tertiary/aromatic N) is 2. The molecule has 10 nitrogen and oxygen atoms in total. The molecule has 0 aromatic heterocycles. The molecule has 4 heterocycles. The number of amides is 3. The van der Waals surface area contributed by atoms with Crippen LogP contribution in [0.15, 0.2) is 71.2 Å². The van der Waals surface area contributed by atoms with Crippen LogP contribution in [-0.4, -0.2) is 77.2 Å². The molecule has 6 rings (SSSR count). The Morgan fingerprint density at radius 2 is 1.82 bits per heavy atom. The van der Waals surface area contributed by atoms with Gasteiger partial charge in [-0.25, -0.2) is 0 Å². The highest BCUT2D eigenvalue weighted by atomic mass is 79.9. The van der Waals surface area contributed by atoms with E-state index in [1.165, 1.54) is 4.90 Å². The molecule has 8 atom stereocenters. The van der Waals surface area contributed by atoms with E-state index in [9.17, 15) is 19.5 Å². The number of carbonyl (C=O) groups excluding carboxylic acids is 4. The predicted octanol–water partition coefficient (Wildman–Crippen LogP) is 4.67. The third kappa shape index (κ3) is 6.25. The zero-order valence-electron chi connectivity index (χ0n) is 28.3. The molecule has 4 aliphatic rings. The Morgan fingerprint density at radius 1 is 1.06 bits per heavy atom. The fourth-order valence-electron chi connectivity index (χ4n) is 7.76. The number of anilines is 1. The van der Waals surface area contributed by atoms with Crippen LogP contribution in [0.5, 0.6) is 0 Å². The molecule has 0 aliphatic carbocycles. The van der Waals surface area contributed by atoms with Crippen molar-refractivity contribution in [2.75, 3.05) is 24.6 Å². The van der Waals surface area contributed by atoms with Crippen molar-refractivity contribution in [3.63, 3.8) is 0 Å². The van der Waals surface area contributed by atoms with Gasteiger partial charge in [0.15, 0.2) is 0 Å². The molecule has 1 spiro atoms. The number of allylic oxidation sites excluding steroid dienone is 1. The van der Waals surface area contributed by atoms with Crippen LogP contribution in [0, 0.1) is 31.6 Å². The van der Waals surface area contributed by atoms with Crippen molar-refractivity contribution in [3.05, 3.63) is 87.9 Å². The summed E-state index contributed by atoms with van der Waals surface area (Å²) in [5.74, 6) is -3.98. The average Bonchev–Trinajstić information content (AvgIpc) is 3.69. The summed E-state index contributed by atoms with van der Waals surface area (Å²) in [6, 6.07) is 13.1. The molecule has 5 bridgehead atoms. The summed E-state index contributed by atoms with van der Waals surface area (Å²) < 4.78 is 13.4. The minimum Gasteiger partial charge on any atom is -0.455 e. The second-order valence-electron chi connectivity index (χ2n) is 13.6. The van der Waals surface area contributed by atoms with Crippen molar-refractivity contribution in [2.24, 2.45) is 17.8 Å². The summed E-state index contributed by atoms with van der Waals surface area (Å²) in [6.07, 6.45) is 5.12. The van der Waals surface area contributed by atoms with Crippen LogP contribution in [0.1, 0.15) is 55.9 Å². The molecule has 0 unspecified atom stereocenters. The van der Waals surface area contributed by atoms with Crippen molar-refractivity contribution >= 4 is 45.3 Å². The van der Waals surface area contributed by atoms with Crippen LogP contribution < -0.4 is 10.2 Å². The number of hydrogen-bond acceptors (Lipinski definition) is 7. The van der Waals surface area contributed by atoms with Crippen LogP contribution in [0.3, 0.4) is 0 Å². The second kappa shape index (κ2) is 14.2. The molecule has 0 saturated carbocycles. The highest BCUT2D eigenvalue weighted by Crippen LogP contribution is 2.59. The molecule has 260 valence electrons. The molecular weight excluding hydrogens is 690 g/mol. The first kappa shape index (κ1) is 35.0. The van der Waals surface area contributed by atoms with Gasteiger partial charge in [0, 0.05) is 23.1 Å². The number of hydrogen-bond donors (Lipinski definition) is 2. The summed E-state index contributed by atoms with van der Waals surface area (Å²) in [7, 11) is 0. The minimum atomic E-state index is -1.49. The summed E-state index contributed by atoms with van der Waals surface area (Å²) in [4.78, 5) is 60.5. The zero-order chi connectivity index (χ0) is 35.0. The van der Waals surface area contributed by atoms with Crippen LogP contribution in [0.2, 0.25) is 0 Å². The Balaban J connectivity index is 1.51. The summed E-state index contributed by atoms with van der Waals surface area (Å²) in [5, 5.41) is 13.7. The Morgan fingerprint density at radius 3 is 2.53 bits per heavy atom. The largest absolute Gasteiger partial charge is 0.455 e. The van der Waals surface area contributed by atoms with Crippen molar-refractivity contribution < 1.29 is 33.8 Å². The lowest BCUT2D eigenvalue weighted by Gasteiger charge is -2.40. The molecule has 2 aromatic carbocycles. The predicted molar refractivity (Wildman–Crippen MR) is 187 cm³/mol. The third-order valence-electron chi connectivity index (χ3n) is 10.5. The van der Waals surface area contributed by atoms with E-state index in [0.717, 1.165) is 11.1 Å². The van der Waals surface area contributed by atoms with Crippen LogP contribution in [-0.2, 0) is 28.7 Å². The maximum atomic E-state index is 15.3. The molecule has 11 heteroatoms. The van der Waals surface area contributed by atoms with Gasteiger partial charge in [0.05, 0.1) is 25.1 Å². The Bertz CT molecular complexity index is 1680. The summed E-state index contributed by atoms with van der Waals surface area (Å²) in [6.45, 7) is 7.65. The Labute approximate surface area is 295 Å². The number of halogens is 1. The van der Waals surface area contributed by atoms with Crippen LogP contribution in [0.4, 0.5) is 5.69 Å². The summed E-state index contributed by atoms with van der Waals surface area (Å²) in [5.41, 5.74) is 1.70. The van der Waals surface area contributed by atoms with Gasteiger partial charge in [-0.2, -0.15) is 0 Å². The van der Waals surface area contributed by atoms with Gasteiger partial charge in [0.1, 0.15) is 29.8 Å². The average molecular weight is 735 g/mol. The molecule has 2 N–H and O–H groups in total. The lowest BCUT2D eigenvalue weighted by Crippen LogP contribution is -2.59. The molecular formula is C38H44BrN3O7. The number of ether oxygens (including phenoxy) is 2. The molecule has 2 fully saturated rings. The third-order valence-corrected chi connectivity index (χ3v) is 11.2. The molecule has 0 radical (unpaired) electrons. The number of rotatable bonds is 6. The monoisotopic (exact) mass is 733 g/mol. The first-order valence-corrected chi connectivity index (χ1v) is 17.9. The van der Waals surface area contributed by atoms with Crippen molar-refractivity contribution in [1.82, 2.24) is 10.2 Å². The van der Waals surface area contributed by atoms with E-state index in [0.29, 0.717) is 28.6 Å². The lowest BCUT2D eigenvalue weighted by molar-refractivity contribution is -0.160. The van der Waals surface area contributed by atoms with E-state index in [-0.39, 0.29) is 43.8 Å². The van der Waals surface area contributed by atoms with Gasteiger partial charge in [0.25, 0.3) is 5.91 Å². The SMILES string of the molecule is CC[C@H](C)[C@H](CO)N1C(=O)[C@H]2[C@@H]3C(=O)O[C@H](c4ccccc4)CNC(=O)CC/C=C\CN(c4cc(C)ccc4C)C(=O)[C@H]1[C@@]21C=C(Br)[C@@H]3O1. The molecule has 2 aromatic rings. The fraction of sp³-hybridized carbons (Fsp3) is 0.474. The van der Waals surface area contributed by atoms with Crippen molar-refractivity contribution in [1.29, 1.82) is 0 Å². The van der Waals surface area contributed by atoms with E-state index in [2.05, 4.69) is 21.2 Å². The maximum absolute atomic E-state index is 15.3. The Hall–Kier alpha value is -3.80. The standard InChI is InChI=1S/C38H44BrN3O7/c1-5-23(3)28(21-43)42-34-36(46)41(27-18-22(2)15-16-24(27)4)17-11-7-10-14-30(44)40-20-29(25-12-8-6-9-13-25)48-37(47)31-32(35(42)45)38(34)19-26(39)33(31)49-38/h6-9,11-13,15-16,18-19,23,28-29,31-34,43H,5,10,14,17,20-21H2,1-4H3,(H,40,44)/b11-7-/t23-,28-,29-,31-,32+,33-,34-,38+/m0/s1. The highest BCUT2D eigenvalue weighted by molar-refractivity contribution is 9.11. The number of aliphatic hydroxyl groups is 1. The number of fused-ring (bicyclic) bond motifs is 2. The van der Waals surface area contributed by atoms with Gasteiger partial charge < -0.3 is 29.7 Å². The number of cyclic esters (lactones) is 1. The van der Waals surface area contributed by atoms with Gasteiger partial charge in [-0.1, -0.05) is 90.8 Å². The number of aryl methyl sites for hydroxylation is 2. The van der Waals surface area contributed by atoms with Crippen LogP contribution in [0.25, 0.3) is 0 Å². The number of benzene rings is 2. The van der Waals surface area contributed by atoms with E-state index < -0.39 is 53.6 Å². The maximum Gasteiger partial charge on any atom is 0.313 e. The minimum absolute atomic E-state index is 0.0472. The first-order valence-electron chi connectivity index (χ1n) is 17.1. The number of esters is 1. The van der Waals surface area contributed by atoms with Gasteiger partial charge in [-0.3, -0.25) is 19.2 Å². The normalized spacial score (nSPS) is 30.8. The topological polar surface area (TPSA) is 125 Å². The van der Waals surface area contributed by atoms with E-state index in [1.807, 2.05) is 88.4 Å². The second-order valence-corrected chi connectivity index (χ2v) is 14.5. The summed E-state index contributed by atoms with van der Waals surface area (Å²) >= 11 is 3.62. The molecule has 4 aliphatic heterocycles. The Kier molecular flexibility index (Phi) is 10.2. The van der Waals surface area contributed by atoms with Gasteiger partial charge >= 0.3 is 5.97 Å². The number of likely N-dealkylation sites (tertiary alicyclic amines) is 1. The molecule has 3 amide bonds. The fourth-order valence-corrected chi connectivity index (χ4v) is 8.50. The smallest absolute Gasteiger partial charge is 0.313 e. The number of aliphatic hydroxyl groups excluding tert-OH is 1. The van der Waals surface area contributed by atoms with Gasteiger partial charge in [-0.15, -0.1) is 0 Å². The van der Waals surface area contributed by atoms with E-state index in [1.54, 1.807) is 11.0 Å². The van der Waals surface area contributed by atoms with Gasteiger partial charge in [-0.05, 0) is 55.0 Å². The van der Waals surface area contributed by atoms with Crippen molar-refractivity contribution in [2.45, 2.75) is 76.9 Å². The van der Waals surface area contributed by atoms with Crippen LogP contribution >= 0.6 is 15.9 Å². The van der Waals surface area contributed by atoms with Gasteiger partial charge in [0.2, 0.25) is 11.8 Å². The quantitative estimate of drug-likeness (QED) is 0.327. The lowest BCUT2D eigenvalue weighted by atomic mass is 9.74. The van der Waals surface area contributed by atoms with Crippen molar-refractivity contribution in [3.8, 4) is 0 Å².